The summed E-state index contributed by atoms with van der Waals surface area (Å²) in [4.78, 5) is 23.4. The molecule has 0 aliphatic carbocycles. The van der Waals surface area contributed by atoms with Gasteiger partial charge in [-0.3, -0.25) is 9.59 Å². The average Bonchev–Trinajstić information content (AvgIpc) is 2.91. The number of hydrogen-bond acceptors (Lipinski definition) is 5. The highest BCUT2D eigenvalue weighted by atomic mass is 79.9. The van der Waals surface area contributed by atoms with Crippen LogP contribution >= 0.6 is 15.9 Å². The predicted octanol–water partition coefficient (Wildman–Crippen LogP) is 2.66. The van der Waals surface area contributed by atoms with E-state index < -0.39 is 15.7 Å². The van der Waals surface area contributed by atoms with E-state index >= 15 is 0 Å². The minimum Gasteiger partial charge on any atom is -0.440 e. The zero-order chi connectivity index (χ0) is 17.2. The zero-order valence-electron chi connectivity index (χ0n) is 12.2. The average molecular weight is 401 g/mol. The Morgan fingerprint density at radius 1 is 1.09 bits per heavy atom. The third-order valence-electron chi connectivity index (χ3n) is 2.71. The molecular weight excluding hydrogens is 388 g/mol. The first-order valence-electron chi connectivity index (χ1n) is 6.35. The number of sulfone groups is 1. The number of carbonyl (C=O) groups is 2. The molecule has 2 aromatic rings. The van der Waals surface area contributed by atoms with Crippen LogP contribution in [0.25, 0.3) is 0 Å². The minimum atomic E-state index is -3.53. The fraction of sp³-hybridized carbons (Fsp3) is 0.143. The summed E-state index contributed by atoms with van der Waals surface area (Å²) >= 11 is 3.27. The Kier molecular flexibility index (Phi) is 4.90. The number of nitrogens with one attached hydrogen (secondary N) is 2. The molecule has 0 spiro atoms. The fourth-order valence-electron chi connectivity index (χ4n) is 1.74. The van der Waals surface area contributed by atoms with E-state index in [-0.39, 0.29) is 16.8 Å². The van der Waals surface area contributed by atoms with Crippen molar-refractivity contribution in [2.75, 3.05) is 16.9 Å². The first-order valence-corrected chi connectivity index (χ1v) is 9.03. The SMILES string of the molecule is CC(=O)Nc1ccc(Br)cc1NC(=O)c1ccc(S(C)(=O)=O)o1. The van der Waals surface area contributed by atoms with Gasteiger partial charge in [0.1, 0.15) is 0 Å². The molecular formula is C14H13BrN2O5S. The van der Waals surface area contributed by atoms with E-state index in [1.165, 1.54) is 19.1 Å². The standard InChI is InChI=1S/C14H13BrN2O5S/c1-8(18)16-10-4-3-9(15)7-11(10)17-14(19)12-5-6-13(22-12)23(2,20)21/h3-7H,1-2H3,(H,16,18)(H,17,19). The van der Waals surface area contributed by atoms with Gasteiger partial charge in [0.05, 0.1) is 11.4 Å². The van der Waals surface area contributed by atoms with E-state index in [2.05, 4.69) is 26.6 Å². The lowest BCUT2D eigenvalue weighted by atomic mass is 10.2. The van der Waals surface area contributed by atoms with Gasteiger partial charge in [0.15, 0.2) is 5.76 Å². The van der Waals surface area contributed by atoms with Crippen molar-refractivity contribution in [1.82, 2.24) is 0 Å². The summed E-state index contributed by atoms with van der Waals surface area (Å²) in [7, 11) is -3.53. The van der Waals surface area contributed by atoms with Gasteiger partial charge in [0, 0.05) is 17.7 Å². The van der Waals surface area contributed by atoms with Gasteiger partial charge in [-0.1, -0.05) is 15.9 Å². The summed E-state index contributed by atoms with van der Waals surface area (Å²) in [6, 6.07) is 7.39. The molecule has 0 aliphatic rings. The van der Waals surface area contributed by atoms with Gasteiger partial charge < -0.3 is 15.1 Å². The highest BCUT2D eigenvalue weighted by Crippen LogP contribution is 2.27. The van der Waals surface area contributed by atoms with Crippen LogP contribution in [0, 0.1) is 0 Å². The van der Waals surface area contributed by atoms with E-state index in [9.17, 15) is 18.0 Å². The van der Waals surface area contributed by atoms with Crippen molar-refractivity contribution >= 4 is 49.0 Å². The summed E-state index contributed by atoms with van der Waals surface area (Å²) < 4.78 is 28.5. The summed E-state index contributed by atoms with van der Waals surface area (Å²) in [6.07, 6.45) is 0.983. The van der Waals surface area contributed by atoms with Crippen LogP contribution in [0.4, 0.5) is 11.4 Å². The van der Waals surface area contributed by atoms with Gasteiger partial charge in [-0.25, -0.2) is 8.42 Å². The molecule has 7 nitrogen and oxygen atoms in total. The second-order valence-corrected chi connectivity index (χ2v) is 7.58. The molecule has 1 aromatic heterocycles. The van der Waals surface area contributed by atoms with Crippen LogP contribution in [-0.4, -0.2) is 26.5 Å². The molecule has 23 heavy (non-hydrogen) atoms. The molecule has 0 saturated carbocycles. The first-order chi connectivity index (χ1) is 10.7. The second kappa shape index (κ2) is 6.55. The largest absolute Gasteiger partial charge is 0.440 e. The summed E-state index contributed by atoms with van der Waals surface area (Å²) in [5, 5.41) is 4.86. The number of halogens is 1. The Morgan fingerprint density at radius 2 is 1.78 bits per heavy atom. The van der Waals surface area contributed by atoms with E-state index in [1.54, 1.807) is 18.2 Å². The molecule has 2 N–H and O–H groups in total. The lowest BCUT2D eigenvalue weighted by Gasteiger charge is -2.11. The molecule has 0 atom stereocenters. The van der Waals surface area contributed by atoms with Gasteiger partial charge >= 0.3 is 0 Å². The van der Waals surface area contributed by atoms with Crippen molar-refractivity contribution in [2.24, 2.45) is 0 Å². The maximum absolute atomic E-state index is 12.2. The molecule has 0 fully saturated rings. The molecule has 9 heteroatoms. The van der Waals surface area contributed by atoms with E-state index in [1.807, 2.05) is 0 Å². The Hall–Kier alpha value is -2.13. The number of hydrogen-bond donors (Lipinski definition) is 2. The Labute approximate surface area is 141 Å². The van der Waals surface area contributed by atoms with Gasteiger partial charge in [-0.15, -0.1) is 0 Å². The first kappa shape index (κ1) is 17.2. The molecule has 0 bridgehead atoms. The van der Waals surface area contributed by atoms with Gasteiger partial charge in [-0.05, 0) is 30.3 Å². The lowest BCUT2D eigenvalue weighted by Crippen LogP contribution is -2.14. The highest BCUT2D eigenvalue weighted by Gasteiger charge is 2.18. The molecule has 0 radical (unpaired) electrons. The van der Waals surface area contributed by atoms with E-state index in [0.717, 1.165) is 6.26 Å². The molecule has 0 unspecified atom stereocenters. The van der Waals surface area contributed by atoms with Gasteiger partial charge in [0.25, 0.3) is 5.91 Å². The van der Waals surface area contributed by atoms with E-state index in [0.29, 0.717) is 15.8 Å². The van der Waals surface area contributed by atoms with E-state index in [4.69, 9.17) is 4.42 Å². The van der Waals surface area contributed by atoms with Crippen molar-refractivity contribution in [1.29, 1.82) is 0 Å². The van der Waals surface area contributed by atoms with Crippen LogP contribution in [0.1, 0.15) is 17.5 Å². The number of rotatable bonds is 4. The third-order valence-corrected chi connectivity index (χ3v) is 4.15. The third kappa shape index (κ3) is 4.42. The number of furan rings is 1. The quantitative estimate of drug-likeness (QED) is 0.820. The fourth-order valence-corrected chi connectivity index (χ4v) is 2.66. The number of benzene rings is 1. The summed E-state index contributed by atoms with van der Waals surface area (Å²) in [6.45, 7) is 1.35. The number of carbonyl (C=O) groups excluding carboxylic acids is 2. The monoisotopic (exact) mass is 400 g/mol. The van der Waals surface area contributed by atoms with Crippen LogP contribution in [0.5, 0.6) is 0 Å². The lowest BCUT2D eigenvalue weighted by molar-refractivity contribution is -0.114. The van der Waals surface area contributed by atoms with Crippen molar-refractivity contribution < 1.29 is 22.4 Å². The highest BCUT2D eigenvalue weighted by molar-refractivity contribution is 9.10. The normalized spacial score (nSPS) is 11.1. The van der Waals surface area contributed by atoms with Crippen LogP contribution in [-0.2, 0) is 14.6 Å². The summed E-state index contributed by atoms with van der Waals surface area (Å²) in [5.74, 6) is -1.08. The maximum Gasteiger partial charge on any atom is 0.291 e. The maximum atomic E-state index is 12.2. The minimum absolute atomic E-state index is 0.154. The molecule has 2 rings (SSSR count). The molecule has 0 aliphatic heterocycles. The Bertz CT molecular complexity index is 873. The molecule has 0 saturated heterocycles. The van der Waals surface area contributed by atoms with Crippen molar-refractivity contribution in [3.8, 4) is 0 Å². The second-order valence-electron chi connectivity index (χ2n) is 4.72. The van der Waals surface area contributed by atoms with Crippen LogP contribution in [0.3, 0.4) is 0 Å². The van der Waals surface area contributed by atoms with Crippen LogP contribution in [0.15, 0.2) is 44.3 Å². The summed E-state index contributed by atoms with van der Waals surface area (Å²) in [5.41, 5.74) is 0.751. The molecule has 122 valence electrons. The van der Waals surface area contributed by atoms with Gasteiger partial charge in [-0.2, -0.15) is 0 Å². The molecule has 1 aromatic carbocycles. The number of amides is 2. The topological polar surface area (TPSA) is 105 Å². The van der Waals surface area contributed by atoms with Crippen LogP contribution < -0.4 is 10.6 Å². The zero-order valence-corrected chi connectivity index (χ0v) is 14.6. The molecule has 1 heterocycles. The predicted molar refractivity (Wildman–Crippen MR) is 88.2 cm³/mol. The van der Waals surface area contributed by atoms with Crippen molar-refractivity contribution in [3.63, 3.8) is 0 Å². The van der Waals surface area contributed by atoms with Crippen molar-refractivity contribution in [2.45, 2.75) is 12.0 Å². The van der Waals surface area contributed by atoms with Crippen LogP contribution in [0.2, 0.25) is 0 Å². The Morgan fingerprint density at radius 3 is 2.35 bits per heavy atom. The van der Waals surface area contributed by atoms with Crippen molar-refractivity contribution in [3.05, 3.63) is 40.6 Å². The Balaban J connectivity index is 2.28. The number of anilines is 2. The smallest absolute Gasteiger partial charge is 0.291 e. The van der Waals surface area contributed by atoms with Gasteiger partial charge in [0.2, 0.25) is 20.8 Å². The molecule has 2 amide bonds.